The van der Waals surface area contributed by atoms with Crippen molar-refractivity contribution in [2.75, 3.05) is 43.6 Å². The van der Waals surface area contributed by atoms with Gasteiger partial charge in [-0.3, -0.25) is 20.2 Å². The molecule has 0 atom stereocenters. The van der Waals surface area contributed by atoms with Gasteiger partial charge in [-0.15, -0.1) is 0 Å². The quantitative estimate of drug-likeness (QED) is 0.327. The monoisotopic (exact) mass is 473 g/mol. The van der Waals surface area contributed by atoms with Gasteiger partial charge in [0.15, 0.2) is 10.2 Å². The summed E-state index contributed by atoms with van der Waals surface area (Å²) in [5.74, 6) is 0.160. The predicted octanol–water partition coefficient (Wildman–Crippen LogP) is 3.18. The SMILES string of the molecule is COc1ccc2nc(NC(=S)NC(=O)c3ccc(N4CCOCC4)c([N+](=O)[O-])c3)sc2c1. The van der Waals surface area contributed by atoms with Crippen molar-refractivity contribution in [3.8, 4) is 5.75 Å². The van der Waals surface area contributed by atoms with Crippen LogP contribution in [-0.4, -0.2) is 54.3 Å². The standard InChI is InChI=1S/C20H19N5O5S2/c1-29-13-3-4-14-17(11-13)32-20(21-14)23-19(31)22-18(26)12-2-5-15(16(10-12)25(27)28)24-6-8-30-9-7-24/h2-5,10-11H,6-9H2,1H3,(H2,21,22,23,26,31). The van der Waals surface area contributed by atoms with Crippen molar-refractivity contribution in [3.63, 3.8) is 0 Å². The highest BCUT2D eigenvalue weighted by Crippen LogP contribution is 2.31. The van der Waals surface area contributed by atoms with Gasteiger partial charge in [0.1, 0.15) is 11.4 Å². The second-order valence-corrected chi connectivity index (χ2v) is 8.26. The Morgan fingerprint density at radius 1 is 1.28 bits per heavy atom. The molecule has 1 aliphatic heterocycles. The maximum atomic E-state index is 12.6. The van der Waals surface area contributed by atoms with E-state index in [-0.39, 0.29) is 16.4 Å². The number of morpholine rings is 1. The van der Waals surface area contributed by atoms with Gasteiger partial charge in [0.05, 0.1) is 35.5 Å². The van der Waals surface area contributed by atoms with Gasteiger partial charge in [0, 0.05) is 24.7 Å². The fourth-order valence-electron chi connectivity index (χ4n) is 3.27. The van der Waals surface area contributed by atoms with Crippen molar-refractivity contribution in [2.24, 2.45) is 0 Å². The van der Waals surface area contributed by atoms with Gasteiger partial charge in [0.25, 0.3) is 11.6 Å². The number of carbonyl (C=O) groups is 1. The molecule has 3 aromatic rings. The van der Waals surface area contributed by atoms with Crippen LogP contribution in [0.1, 0.15) is 10.4 Å². The number of benzene rings is 2. The molecular formula is C20H19N5O5S2. The van der Waals surface area contributed by atoms with Gasteiger partial charge in [0.2, 0.25) is 0 Å². The first-order valence-corrected chi connectivity index (χ1v) is 10.8. The molecule has 1 aliphatic rings. The van der Waals surface area contributed by atoms with E-state index in [1.165, 1.54) is 17.4 Å². The molecule has 166 valence electrons. The van der Waals surface area contributed by atoms with E-state index >= 15 is 0 Å². The summed E-state index contributed by atoms with van der Waals surface area (Å²) in [6, 6.07) is 9.86. The van der Waals surface area contributed by atoms with Crippen molar-refractivity contribution in [1.82, 2.24) is 10.3 Å². The van der Waals surface area contributed by atoms with E-state index in [4.69, 9.17) is 21.7 Å². The number of nitrogens with zero attached hydrogens (tertiary/aromatic N) is 3. The zero-order valence-electron chi connectivity index (χ0n) is 17.0. The molecule has 0 radical (unpaired) electrons. The number of fused-ring (bicyclic) bond motifs is 1. The first-order chi connectivity index (χ1) is 15.4. The number of nitrogens with one attached hydrogen (secondary N) is 2. The van der Waals surface area contributed by atoms with Crippen molar-refractivity contribution in [3.05, 3.63) is 52.1 Å². The zero-order valence-corrected chi connectivity index (χ0v) is 18.6. The lowest BCUT2D eigenvalue weighted by Gasteiger charge is -2.28. The van der Waals surface area contributed by atoms with E-state index in [1.54, 1.807) is 25.3 Å². The van der Waals surface area contributed by atoms with Crippen LogP contribution in [0.5, 0.6) is 5.75 Å². The van der Waals surface area contributed by atoms with Crippen LogP contribution in [0.15, 0.2) is 36.4 Å². The van der Waals surface area contributed by atoms with Gasteiger partial charge in [-0.2, -0.15) is 0 Å². The van der Waals surface area contributed by atoms with Gasteiger partial charge < -0.3 is 19.7 Å². The molecule has 0 spiro atoms. The summed E-state index contributed by atoms with van der Waals surface area (Å²) >= 11 is 6.58. The minimum atomic E-state index is -0.554. The van der Waals surface area contributed by atoms with Crippen LogP contribution >= 0.6 is 23.6 Å². The highest BCUT2D eigenvalue weighted by Gasteiger charge is 2.23. The third-order valence-corrected chi connectivity index (χ3v) is 5.97. The normalized spacial score (nSPS) is 13.6. The Hall–Kier alpha value is -3.35. The number of ether oxygens (including phenoxy) is 2. The molecule has 1 saturated heterocycles. The summed E-state index contributed by atoms with van der Waals surface area (Å²) in [6.45, 7) is 2.10. The molecule has 2 heterocycles. The lowest BCUT2D eigenvalue weighted by molar-refractivity contribution is -0.384. The van der Waals surface area contributed by atoms with Gasteiger partial charge >= 0.3 is 0 Å². The van der Waals surface area contributed by atoms with Crippen molar-refractivity contribution in [1.29, 1.82) is 0 Å². The first-order valence-electron chi connectivity index (χ1n) is 9.62. The molecule has 0 bridgehead atoms. The van der Waals surface area contributed by atoms with E-state index in [0.29, 0.717) is 42.9 Å². The first kappa shape index (κ1) is 21.9. The van der Waals surface area contributed by atoms with Crippen molar-refractivity contribution < 1.29 is 19.2 Å². The minimum absolute atomic E-state index is 0.0425. The Labute approximate surface area is 192 Å². The number of hydrogen-bond donors (Lipinski definition) is 2. The molecule has 4 rings (SSSR count). The number of aromatic nitrogens is 1. The van der Waals surface area contributed by atoms with E-state index in [1.807, 2.05) is 17.0 Å². The molecule has 0 unspecified atom stereocenters. The predicted molar refractivity (Wildman–Crippen MR) is 126 cm³/mol. The Bertz CT molecular complexity index is 1190. The molecule has 1 fully saturated rings. The van der Waals surface area contributed by atoms with Crippen LogP contribution < -0.4 is 20.3 Å². The van der Waals surface area contributed by atoms with Crippen LogP contribution in [0, 0.1) is 10.1 Å². The average Bonchev–Trinajstić information content (AvgIpc) is 3.20. The van der Waals surface area contributed by atoms with Gasteiger partial charge in [-0.05, 0) is 42.5 Å². The molecule has 2 N–H and O–H groups in total. The van der Waals surface area contributed by atoms with Crippen LogP contribution in [0.2, 0.25) is 0 Å². The second-order valence-electron chi connectivity index (χ2n) is 6.82. The number of carbonyl (C=O) groups excluding carboxylic acids is 1. The number of nitro benzene ring substituents is 1. The maximum Gasteiger partial charge on any atom is 0.293 e. The van der Waals surface area contributed by atoms with Crippen molar-refractivity contribution >= 4 is 61.3 Å². The molecule has 12 heteroatoms. The van der Waals surface area contributed by atoms with Crippen molar-refractivity contribution in [2.45, 2.75) is 0 Å². The van der Waals surface area contributed by atoms with Crippen LogP contribution in [0.25, 0.3) is 10.2 Å². The second kappa shape index (κ2) is 9.42. The average molecular weight is 474 g/mol. The van der Waals surface area contributed by atoms with Crippen LogP contribution in [-0.2, 0) is 4.74 Å². The van der Waals surface area contributed by atoms with E-state index in [0.717, 1.165) is 10.2 Å². The summed E-state index contributed by atoms with van der Waals surface area (Å²) in [7, 11) is 1.59. The Morgan fingerprint density at radius 2 is 2.06 bits per heavy atom. The van der Waals surface area contributed by atoms with Gasteiger partial charge in [-0.1, -0.05) is 11.3 Å². The number of hydrogen-bond acceptors (Lipinski definition) is 9. The van der Waals surface area contributed by atoms with Crippen LogP contribution in [0.4, 0.5) is 16.5 Å². The number of thiocarbonyl (C=S) groups is 1. The highest BCUT2D eigenvalue weighted by atomic mass is 32.1. The smallest absolute Gasteiger partial charge is 0.293 e. The molecule has 1 amide bonds. The van der Waals surface area contributed by atoms with E-state index in [2.05, 4.69) is 15.6 Å². The zero-order chi connectivity index (χ0) is 22.7. The summed E-state index contributed by atoms with van der Waals surface area (Å²) in [4.78, 5) is 30.0. The number of methoxy groups -OCH3 is 1. The molecular weight excluding hydrogens is 454 g/mol. The fourth-order valence-corrected chi connectivity index (χ4v) is 4.42. The fraction of sp³-hybridized carbons (Fsp3) is 0.250. The number of thiazole rings is 1. The third kappa shape index (κ3) is 4.77. The molecule has 32 heavy (non-hydrogen) atoms. The number of anilines is 2. The number of amides is 1. The van der Waals surface area contributed by atoms with Gasteiger partial charge in [-0.25, -0.2) is 4.98 Å². The Kier molecular flexibility index (Phi) is 6.44. The Balaban J connectivity index is 1.46. The lowest BCUT2D eigenvalue weighted by atomic mass is 10.1. The summed E-state index contributed by atoms with van der Waals surface area (Å²) in [5, 5.41) is 17.6. The molecule has 1 aromatic heterocycles. The summed E-state index contributed by atoms with van der Waals surface area (Å²) < 4.78 is 11.4. The molecule has 0 aliphatic carbocycles. The lowest BCUT2D eigenvalue weighted by Crippen LogP contribution is -2.37. The minimum Gasteiger partial charge on any atom is -0.497 e. The maximum absolute atomic E-state index is 12.6. The van der Waals surface area contributed by atoms with E-state index in [9.17, 15) is 14.9 Å². The largest absolute Gasteiger partial charge is 0.497 e. The number of rotatable bonds is 5. The number of nitro groups is 1. The summed E-state index contributed by atoms with van der Waals surface area (Å²) in [6.07, 6.45) is 0. The molecule has 0 saturated carbocycles. The summed E-state index contributed by atoms with van der Waals surface area (Å²) in [5.41, 5.74) is 1.22. The topological polar surface area (TPSA) is 119 Å². The molecule has 10 nitrogen and oxygen atoms in total. The third-order valence-electron chi connectivity index (χ3n) is 4.83. The molecule has 2 aromatic carbocycles. The highest BCUT2D eigenvalue weighted by molar-refractivity contribution is 7.80. The Morgan fingerprint density at radius 3 is 2.78 bits per heavy atom. The van der Waals surface area contributed by atoms with E-state index < -0.39 is 10.8 Å². The van der Waals surface area contributed by atoms with Crippen LogP contribution in [0.3, 0.4) is 0 Å².